The van der Waals surface area contributed by atoms with E-state index in [4.69, 9.17) is 10.1 Å². The minimum Gasteiger partial charge on any atom is -0.393 e. The Kier molecular flexibility index (Phi) is 7.65. The van der Waals surface area contributed by atoms with E-state index in [1.165, 1.54) is 11.8 Å². The number of carbonyl (C=O) groups excluding carboxylic acids is 2. The number of aromatic nitrogens is 4. The molecule has 3 aromatic rings. The van der Waals surface area contributed by atoms with E-state index in [9.17, 15) is 14.7 Å². The van der Waals surface area contributed by atoms with Crippen molar-refractivity contribution in [3.8, 4) is 11.3 Å². The lowest BCUT2D eigenvalue weighted by Gasteiger charge is -2.33. The monoisotopic (exact) mass is 531 g/mol. The standard InChI is InChI=1S/C29H37N7O3/c1-5-6-15-30-28-31-16-23-25(34-36(27(23)33-28)21-11-13-22(38)14-12-21)19-7-9-20(10-8-19)26-24(18(3)37)17(2)35(4)29(39)32-26/h7-10,16,21-22,26,38H,5-6,11-15H2,1-4H3,(H,32,39)(H,30,31,33)/t21-,22-,26?. The van der Waals surface area contributed by atoms with Gasteiger partial charge in [0.1, 0.15) is 5.69 Å². The van der Waals surface area contributed by atoms with Crippen LogP contribution < -0.4 is 10.6 Å². The molecule has 10 heteroatoms. The molecule has 1 aromatic carbocycles. The van der Waals surface area contributed by atoms with Crippen molar-refractivity contribution in [3.05, 3.63) is 47.3 Å². The molecular weight excluding hydrogens is 494 g/mol. The van der Waals surface area contributed by atoms with Gasteiger partial charge in [0, 0.05) is 36.6 Å². The average molecular weight is 532 g/mol. The second kappa shape index (κ2) is 11.1. The minimum atomic E-state index is -0.511. The van der Waals surface area contributed by atoms with E-state index in [1.54, 1.807) is 14.0 Å². The molecule has 1 aliphatic heterocycles. The van der Waals surface area contributed by atoms with Crippen LogP contribution >= 0.6 is 0 Å². The van der Waals surface area contributed by atoms with Crippen molar-refractivity contribution in [2.75, 3.05) is 18.9 Å². The number of fused-ring (bicyclic) bond motifs is 1. The van der Waals surface area contributed by atoms with Gasteiger partial charge in [0.25, 0.3) is 0 Å². The molecule has 1 saturated carbocycles. The summed E-state index contributed by atoms with van der Waals surface area (Å²) < 4.78 is 2.01. The SMILES string of the molecule is CCCCNc1ncc2c(-c3ccc(C4NC(=O)N(C)C(C)=C4C(C)=O)cc3)nn([C@H]3CC[C@H](O)CC3)c2n1. The molecule has 2 aliphatic rings. The number of nitrogens with zero attached hydrogens (tertiary/aromatic N) is 5. The van der Waals surface area contributed by atoms with Gasteiger partial charge in [-0.1, -0.05) is 37.6 Å². The first-order valence-electron chi connectivity index (χ1n) is 13.8. The Morgan fingerprint density at radius 2 is 1.90 bits per heavy atom. The van der Waals surface area contributed by atoms with Gasteiger partial charge >= 0.3 is 6.03 Å². The number of unbranched alkanes of at least 4 members (excludes halogenated alkanes) is 1. The van der Waals surface area contributed by atoms with Crippen LogP contribution in [0.2, 0.25) is 0 Å². The maximum atomic E-state index is 12.5. The fraction of sp³-hybridized carbons (Fsp3) is 0.483. The number of hydrogen-bond acceptors (Lipinski definition) is 7. The molecular formula is C29H37N7O3. The van der Waals surface area contributed by atoms with Crippen LogP contribution in [-0.4, -0.2) is 61.3 Å². The summed E-state index contributed by atoms with van der Waals surface area (Å²) in [5.74, 6) is 0.517. The topological polar surface area (TPSA) is 125 Å². The van der Waals surface area contributed by atoms with Crippen molar-refractivity contribution >= 4 is 28.8 Å². The number of anilines is 1. The second-order valence-electron chi connectivity index (χ2n) is 10.6. The zero-order chi connectivity index (χ0) is 27.7. The summed E-state index contributed by atoms with van der Waals surface area (Å²) in [6.07, 6.45) is 6.88. The molecule has 1 atom stereocenters. The van der Waals surface area contributed by atoms with Crippen molar-refractivity contribution in [2.24, 2.45) is 0 Å². The molecule has 10 nitrogen and oxygen atoms in total. The number of hydrogen-bond donors (Lipinski definition) is 3. The summed E-state index contributed by atoms with van der Waals surface area (Å²) >= 11 is 0. The van der Waals surface area contributed by atoms with E-state index < -0.39 is 6.04 Å². The number of nitrogens with one attached hydrogen (secondary N) is 2. The number of benzene rings is 1. The van der Waals surface area contributed by atoms with Crippen LogP contribution in [0.1, 0.15) is 76.9 Å². The van der Waals surface area contributed by atoms with Crippen LogP contribution in [0.25, 0.3) is 22.3 Å². The number of amides is 2. The molecule has 1 fully saturated rings. The minimum absolute atomic E-state index is 0.0729. The van der Waals surface area contributed by atoms with Crippen molar-refractivity contribution in [1.82, 2.24) is 30.0 Å². The number of urea groups is 1. The molecule has 0 bridgehead atoms. The Bertz CT molecular complexity index is 1400. The Morgan fingerprint density at radius 3 is 2.56 bits per heavy atom. The predicted octanol–water partition coefficient (Wildman–Crippen LogP) is 4.74. The van der Waals surface area contributed by atoms with Gasteiger partial charge in [-0.05, 0) is 51.5 Å². The summed E-state index contributed by atoms with van der Waals surface area (Å²) in [5.41, 5.74) is 4.53. The van der Waals surface area contributed by atoms with Gasteiger partial charge in [-0.2, -0.15) is 10.1 Å². The molecule has 1 aliphatic carbocycles. The maximum Gasteiger partial charge on any atom is 0.322 e. The van der Waals surface area contributed by atoms with Crippen LogP contribution in [0, 0.1) is 0 Å². The molecule has 0 spiro atoms. The Hall–Kier alpha value is -3.79. The number of ketones is 1. The Balaban J connectivity index is 1.52. The number of aliphatic hydroxyl groups is 1. The van der Waals surface area contributed by atoms with Crippen molar-refractivity contribution < 1.29 is 14.7 Å². The second-order valence-corrected chi connectivity index (χ2v) is 10.6. The van der Waals surface area contributed by atoms with Crippen LogP contribution in [0.5, 0.6) is 0 Å². The molecule has 2 amide bonds. The fourth-order valence-electron chi connectivity index (χ4n) is 5.53. The van der Waals surface area contributed by atoms with Gasteiger partial charge in [-0.25, -0.2) is 14.5 Å². The van der Waals surface area contributed by atoms with Crippen LogP contribution in [-0.2, 0) is 4.79 Å². The third-order valence-corrected chi connectivity index (χ3v) is 7.92. The van der Waals surface area contributed by atoms with E-state index in [2.05, 4.69) is 22.5 Å². The number of carbonyl (C=O) groups is 2. The average Bonchev–Trinajstić information content (AvgIpc) is 3.31. The number of rotatable bonds is 8. The van der Waals surface area contributed by atoms with Crippen LogP contribution in [0.3, 0.4) is 0 Å². The summed E-state index contributed by atoms with van der Waals surface area (Å²) in [6, 6.07) is 7.21. The summed E-state index contributed by atoms with van der Waals surface area (Å²) in [4.78, 5) is 35.9. The molecule has 0 radical (unpaired) electrons. The third kappa shape index (κ3) is 5.25. The van der Waals surface area contributed by atoms with E-state index in [1.807, 2.05) is 35.1 Å². The number of Topliss-reactive ketones (excluding diaryl/α,β-unsaturated/α-hetero) is 1. The normalized spacial score (nSPS) is 21.8. The fourth-order valence-corrected chi connectivity index (χ4v) is 5.53. The molecule has 5 rings (SSSR count). The third-order valence-electron chi connectivity index (χ3n) is 7.92. The van der Waals surface area contributed by atoms with Gasteiger partial charge < -0.3 is 20.6 Å². The van der Waals surface area contributed by atoms with E-state index >= 15 is 0 Å². The first kappa shape index (κ1) is 26.8. The highest BCUT2D eigenvalue weighted by Gasteiger charge is 2.32. The van der Waals surface area contributed by atoms with Crippen molar-refractivity contribution in [2.45, 2.75) is 77.5 Å². The molecule has 1 unspecified atom stereocenters. The molecule has 2 aromatic heterocycles. The summed E-state index contributed by atoms with van der Waals surface area (Å²) in [5, 5.41) is 22.2. The number of allylic oxidation sites excluding steroid dienone is 1. The van der Waals surface area contributed by atoms with Gasteiger partial charge in [0.2, 0.25) is 5.95 Å². The molecule has 0 saturated heterocycles. The zero-order valence-electron chi connectivity index (χ0n) is 23.1. The number of aliphatic hydroxyl groups excluding tert-OH is 1. The first-order valence-corrected chi connectivity index (χ1v) is 13.8. The van der Waals surface area contributed by atoms with Crippen LogP contribution in [0.4, 0.5) is 10.7 Å². The molecule has 206 valence electrons. The lowest BCUT2D eigenvalue weighted by atomic mass is 9.92. The van der Waals surface area contributed by atoms with E-state index in [0.717, 1.165) is 72.9 Å². The van der Waals surface area contributed by atoms with Crippen LogP contribution in [0.15, 0.2) is 41.7 Å². The van der Waals surface area contributed by atoms with E-state index in [0.29, 0.717) is 17.2 Å². The predicted molar refractivity (Wildman–Crippen MR) is 150 cm³/mol. The Morgan fingerprint density at radius 1 is 1.18 bits per heavy atom. The maximum absolute atomic E-state index is 12.5. The zero-order valence-corrected chi connectivity index (χ0v) is 23.1. The quantitative estimate of drug-likeness (QED) is 0.359. The summed E-state index contributed by atoms with van der Waals surface area (Å²) in [7, 11) is 1.66. The lowest BCUT2D eigenvalue weighted by molar-refractivity contribution is -0.114. The van der Waals surface area contributed by atoms with Crippen molar-refractivity contribution in [3.63, 3.8) is 0 Å². The lowest BCUT2D eigenvalue weighted by Crippen LogP contribution is -2.45. The molecule has 39 heavy (non-hydrogen) atoms. The smallest absolute Gasteiger partial charge is 0.322 e. The highest BCUT2D eigenvalue weighted by Crippen LogP contribution is 2.36. The van der Waals surface area contributed by atoms with Gasteiger partial charge in [0.05, 0.1) is 23.6 Å². The highest BCUT2D eigenvalue weighted by atomic mass is 16.3. The Labute approximate surface area is 228 Å². The highest BCUT2D eigenvalue weighted by molar-refractivity contribution is 5.98. The molecule has 3 N–H and O–H groups in total. The molecule has 3 heterocycles. The van der Waals surface area contributed by atoms with Gasteiger partial charge in [0.15, 0.2) is 11.4 Å². The largest absolute Gasteiger partial charge is 0.393 e. The summed E-state index contributed by atoms with van der Waals surface area (Å²) in [6.45, 7) is 6.28. The van der Waals surface area contributed by atoms with Gasteiger partial charge in [-0.15, -0.1) is 0 Å². The van der Waals surface area contributed by atoms with Gasteiger partial charge in [-0.3, -0.25) is 4.79 Å². The van der Waals surface area contributed by atoms with E-state index in [-0.39, 0.29) is 24.0 Å². The first-order chi connectivity index (χ1) is 18.8. The van der Waals surface area contributed by atoms with Crippen molar-refractivity contribution in [1.29, 1.82) is 0 Å².